The van der Waals surface area contributed by atoms with E-state index in [9.17, 15) is 63.0 Å². The summed E-state index contributed by atoms with van der Waals surface area (Å²) >= 11 is 1.28. The number of carbonyl (C=O) groups excluding carboxylic acids is 9. The van der Waals surface area contributed by atoms with E-state index in [-0.39, 0.29) is 182 Å². The summed E-state index contributed by atoms with van der Waals surface area (Å²) < 4.78 is 68.3. The molecular weight excluding hydrogens is 1860 g/mol. The predicted molar refractivity (Wildman–Crippen MR) is 518 cm³/mol. The second-order valence-electron chi connectivity index (χ2n) is 33.0. The topological polar surface area (TPSA) is 566 Å². The second-order valence-corrected chi connectivity index (χ2v) is 36.3. The van der Waals surface area contributed by atoms with Gasteiger partial charge in [0.25, 0.3) is 5.91 Å². The lowest BCUT2D eigenvalue weighted by molar-refractivity contribution is -0.181. The number of aliphatic carboxylic acids is 2. The number of aromatic nitrogens is 2. The number of aliphatic hydroxyl groups excluding tert-OH is 5. The summed E-state index contributed by atoms with van der Waals surface area (Å²) in [7, 11) is 10.8. The molecule has 1 aliphatic heterocycles. The SMILES string of the molecule is CCC(CO)OC(CO)OC.CCC(CO)OC(COC(=O)NCCC(=O)NCCSSc1ccccn1)OC.CCC(CO)OC(COC(=O)NCCC(=O)O)OC.CCCO[C@H](C[C@H](C(C)C)N(CCC)C(=O)[C@@H](NC(=O)[C@H]1CCCCN1C)[C@@H](C)CC)c1nc(C(=O)N[C@@H](Cc2ccc(OC(=O)[C@H](NC(=O)CCNC(=O)OCC(OC)OC(CC)CO)C(C)C)cc2)C[C@H](C)C(=O)O)cs1. The number of ether oxygens (including phenoxy) is 13. The quantitative estimate of drug-likeness (QED) is 0.00632. The van der Waals surface area contributed by atoms with E-state index in [2.05, 4.69) is 60.9 Å². The van der Waals surface area contributed by atoms with E-state index < -0.39 is 109 Å². The molecule has 138 heavy (non-hydrogen) atoms. The highest BCUT2D eigenvalue weighted by atomic mass is 33.1. The third kappa shape index (κ3) is 54.6. The monoisotopic (exact) mass is 2020 g/mol. The molecule has 790 valence electrons. The molecular formula is C93H159N11O31S3. The lowest BCUT2D eigenvalue weighted by atomic mass is 9.92. The first-order chi connectivity index (χ1) is 66.0. The molecule has 3 heterocycles. The number of aliphatic hydroxyl groups is 5. The number of nitrogens with zero attached hydrogens (tertiary/aromatic N) is 4. The lowest BCUT2D eigenvalue weighted by Gasteiger charge is -2.40. The normalized spacial score (nSPS) is 15.8. The number of rotatable bonds is 67. The molecule has 42 nitrogen and oxygen atoms in total. The Hall–Kier alpha value is -8.33. The minimum atomic E-state index is -1.02. The van der Waals surface area contributed by atoms with E-state index in [1.54, 1.807) is 78.2 Å². The van der Waals surface area contributed by atoms with Crippen LogP contribution in [0, 0.1) is 23.7 Å². The number of methoxy groups -OCH3 is 4. The van der Waals surface area contributed by atoms with E-state index in [4.69, 9.17) is 92.1 Å². The van der Waals surface area contributed by atoms with Crippen LogP contribution in [0.4, 0.5) is 14.4 Å². The Balaban J connectivity index is 0.00000129. The van der Waals surface area contributed by atoms with Crippen molar-refractivity contribution < 1.29 is 150 Å². The number of thiazole rings is 1. The van der Waals surface area contributed by atoms with Gasteiger partial charge in [0.05, 0.1) is 75.8 Å². The van der Waals surface area contributed by atoms with Gasteiger partial charge in [-0.1, -0.05) is 132 Å². The van der Waals surface area contributed by atoms with Crippen LogP contribution < -0.4 is 42.0 Å². The molecule has 14 N–H and O–H groups in total. The Labute approximate surface area is 824 Å². The maximum atomic E-state index is 14.8. The van der Waals surface area contributed by atoms with Gasteiger partial charge in [-0.05, 0) is 136 Å². The van der Waals surface area contributed by atoms with Gasteiger partial charge in [0.2, 0.25) is 23.6 Å². The van der Waals surface area contributed by atoms with Crippen LogP contribution >= 0.6 is 32.9 Å². The van der Waals surface area contributed by atoms with Crippen LogP contribution in [0.15, 0.2) is 59.1 Å². The first kappa shape index (κ1) is 128. The molecule has 0 bridgehead atoms. The zero-order chi connectivity index (χ0) is 103. The molecule has 2 aromatic heterocycles. The van der Waals surface area contributed by atoms with Crippen LogP contribution in [-0.2, 0) is 96.8 Å². The number of nitrogens with one attached hydrogen (secondary N) is 7. The number of hydrogen-bond acceptors (Lipinski definition) is 35. The Morgan fingerprint density at radius 1 is 0.572 bits per heavy atom. The van der Waals surface area contributed by atoms with Crippen LogP contribution in [0.3, 0.4) is 0 Å². The molecule has 1 aromatic carbocycles. The summed E-state index contributed by atoms with van der Waals surface area (Å²) in [5, 5.41) is 85.1. The van der Waals surface area contributed by atoms with Gasteiger partial charge in [-0.3, -0.25) is 38.5 Å². The fraction of sp³-hybridized carbons (Fsp3) is 0.731. The summed E-state index contributed by atoms with van der Waals surface area (Å²) in [4.78, 5) is 151. The van der Waals surface area contributed by atoms with E-state index in [1.807, 2.05) is 85.5 Å². The van der Waals surface area contributed by atoms with Crippen LogP contribution in [0.1, 0.15) is 213 Å². The van der Waals surface area contributed by atoms with Crippen molar-refractivity contribution in [3.63, 3.8) is 0 Å². The number of piperidine rings is 1. The molecule has 1 fully saturated rings. The molecule has 8 unspecified atom stereocenters. The number of benzene rings is 1. The van der Waals surface area contributed by atoms with Crippen molar-refractivity contribution >= 4 is 98.6 Å². The first-order valence-corrected chi connectivity index (χ1v) is 50.4. The molecule has 1 aliphatic rings. The average molecular weight is 2020 g/mol. The molecule has 0 spiro atoms. The Bertz CT molecular complexity index is 3810. The second kappa shape index (κ2) is 76.4. The molecule has 4 rings (SSSR count). The molecule has 16 atom stereocenters. The average Bonchev–Trinajstić information content (AvgIpc) is 1.40. The third-order valence-corrected chi connectivity index (χ3v) is 24.6. The van der Waals surface area contributed by atoms with Gasteiger partial charge in [-0.25, -0.2) is 29.1 Å². The zero-order valence-corrected chi connectivity index (χ0v) is 86.1. The summed E-state index contributed by atoms with van der Waals surface area (Å²) in [6.07, 6.45) is 2.29. The molecule has 0 aliphatic carbocycles. The fourth-order valence-electron chi connectivity index (χ4n) is 12.9. The van der Waals surface area contributed by atoms with Crippen LogP contribution in [0.2, 0.25) is 0 Å². The molecule has 0 radical (unpaired) electrons. The highest BCUT2D eigenvalue weighted by Crippen LogP contribution is 2.33. The van der Waals surface area contributed by atoms with Gasteiger partial charge < -0.3 is 139 Å². The maximum absolute atomic E-state index is 14.8. The summed E-state index contributed by atoms with van der Waals surface area (Å²) in [6, 6.07) is 9.34. The largest absolute Gasteiger partial charge is 0.481 e. The van der Waals surface area contributed by atoms with Crippen molar-refractivity contribution in [1.82, 2.24) is 57.0 Å². The number of likely N-dealkylation sites (N-methyl/N-ethyl adjacent to an activating group) is 1. The van der Waals surface area contributed by atoms with Crippen molar-refractivity contribution in [2.45, 2.75) is 284 Å². The summed E-state index contributed by atoms with van der Waals surface area (Å²) in [5.41, 5.74) is 0.862. The van der Waals surface area contributed by atoms with Gasteiger partial charge in [-0.15, -0.1) is 11.3 Å². The minimum Gasteiger partial charge on any atom is -0.481 e. The number of esters is 1. The van der Waals surface area contributed by atoms with Gasteiger partial charge in [0.15, 0.2) is 25.2 Å². The molecule has 1 saturated heterocycles. The number of carboxylic acids is 2. The van der Waals surface area contributed by atoms with Crippen molar-refractivity contribution in [2.75, 3.05) is 140 Å². The molecule has 0 saturated carbocycles. The standard InChI is InChI=1S/C57H93N7O14S.C18H29N3O6S2.C11H21NO7.C7H16O4/c1-13-26-64(54(69)50(37(9)15-3)62-52(68)44-19-17-18-27-63(44)11)45(35(5)6)31-46(75-28-14-2)53-60-43(34-79-53)51(67)59-40(29-38(10)55(70)71)30-39-20-22-42(23-21-39)78-56(72)49(36(7)8)61-47(66)24-25-58-57(73)76-33-48(74-12)77-41(16-4)32-65;1-3-14(12-22)27-17(25-2)13-26-18(24)21-9-7-15(23)19-10-11-28-29-16-6-4-5-8-20-16;1-3-8(6-13)19-10(17-2)7-18-11(16)12-5-4-9(14)15;1-3-6(4-8)11-7(5-9)10-2/h20-23,34-38,40-41,44-46,48-50,65H,13-19,24-33H2,1-12H3,(H,58,73)(H,59,67)(H,61,66)(H,62,68)(H,70,71);4-6,8,14,17,22H,3,7,9-13H2,1-2H3,(H,19,23)(H,21,24);8,10,13H,3-7H2,1-2H3,(H,12,16)(H,14,15);6-9H,3-5H2,1-2H3/t37-,38-,40+,41?,44+,45+,46+,48?,49+,50-;;;/m0.../s1. The fourth-order valence-corrected chi connectivity index (χ4v) is 15.6. The van der Waals surface area contributed by atoms with E-state index >= 15 is 0 Å². The van der Waals surface area contributed by atoms with E-state index in [1.165, 1.54) is 39.8 Å². The molecule has 45 heteroatoms. The third-order valence-electron chi connectivity index (χ3n) is 21.4. The highest BCUT2D eigenvalue weighted by molar-refractivity contribution is 8.76. The minimum absolute atomic E-state index is 0.00309. The zero-order valence-electron chi connectivity index (χ0n) is 83.7. The van der Waals surface area contributed by atoms with Gasteiger partial charge in [0, 0.05) is 116 Å². The van der Waals surface area contributed by atoms with Gasteiger partial charge in [-0.2, -0.15) is 0 Å². The van der Waals surface area contributed by atoms with Crippen molar-refractivity contribution in [3.8, 4) is 5.75 Å². The predicted octanol–water partition coefficient (Wildman–Crippen LogP) is 8.15. The maximum Gasteiger partial charge on any atom is 0.407 e. The summed E-state index contributed by atoms with van der Waals surface area (Å²) in [5.74, 6) is -4.47. The Kier molecular flexibility index (Phi) is 70.7. The molecule has 8 amide bonds. The number of likely N-dealkylation sites (tertiary alicyclic amines) is 1. The van der Waals surface area contributed by atoms with Crippen molar-refractivity contribution in [2.24, 2.45) is 23.7 Å². The van der Waals surface area contributed by atoms with Crippen LogP contribution in [0.5, 0.6) is 5.75 Å². The van der Waals surface area contributed by atoms with Crippen molar-refractivity contribution in [3.05, 3.63) is 70.3 Å². The smallest absolute Gasteiger partial charge is 0.407 e. The van der Waals surface area contributed by atoms with E-state index in [0.29, 0.717) is 69.6 Å². The highest BCUT2D eigenvalue weighted by Gasteiger charge is 2.39. The van der Waals surface area contributed by atoms with Gasteiger partial charge in [0.1, 0.15) is 59.5 Å². The van der Waals surface area contributed by atoms with Crippen molar-refractivity contribution in [1.29, 1.82) is 0 Å². The number of amides is 8. The Morgan fingerprint density at radius 3 is 1.54 bits per heavy atom. The first-order valence-electron chi connectivity index (χ1n) is 47.2. The number of carboxylic acid groups (broad SMARTS) is 2. The number of alkyl carbamates (subject to hydrolysis) is 3. The van der Waals surface area contributed by atoms with Gasteiger partial charge >= 0.3 is 36.2 Å². The number of carbonyl (C=O) groups is 11. The number of pyridine rings is 1. The van der Waals surface area contributed by atoms with E-state index in [0.717, 1.165) is 48.6 Å². The Morgan fingerprint density at radius 2 is 1.09 bits per heavy atom. The lowest BCUT2D eigenvalue weighted by Crippen LogP contribution is -2.58. The molecule has 3 aromatic rings. The number of hydrogen-bond donors (Lipinski definition) is 14. The summed E-state index contributed by atoms with van der Waals surface area (Å²) in [6.45, 7) is 25.8. The van der Waals surface area contributed by atoms with Crippen LogP contribution in [0.25, 0.3) is 0 Å². The van der Waals surface area contributed by atoms with Crippen LogP contribution in [-0.4, -0.2) is 341 Å².